The van der Waals surface area contributed by atoms with Crippen molar-refractivity contribution in [3.63, 3.8) is 0 Å². The summed E-state index contributed by atoms with van der Waals surface area (Å²) in [6.45, 7) is 4.75. The van der Waals surface area contributed by atoms with E-state index in [9.17, 15) is 0 Å². The Morgan fingerprint density at radius 3 is 1.80 bits per heavy atom. The summed E-state index contributed by atoms with van der Waals surface area (Å²) in [7, 11) is 3.49. The third-order valence-corrected chi connectivity index (χ3v) is 12.1. The third kappa shape index (κ3) is 4.35. The van der Waals surface area contributed by atoms with E-state index in [0.717, 1.165) is 11.4 Å². The van der Waals surface area contributed by atoms with Gasteiger partial charge < -0.3 is 4.90 Å². The van der Waals surface area contributed by atoms with E-state index in [2.05, 4.69) is 176 Å². The van der Waals surface area contributed by atoms with Crippen LogP contribution < -0.4 is 4.90 Å². The minimum atomic E-state index is -0.102. The molecule has 0 atom stereocenters. The van der Waals surface area contributed by atoms with Crippen molar-refractivity contribution in [2.75, 3.05) is 4.90 Å². The lowest BCUT2D eigenvalue weighted by Gasteiger charge is -2.28. The van der Waals surface area contributed by atoms with Gasteiger partial charge in [-0.05, 0) is 104 Å². The van der Waals surface area contributed by atoms with Crippen molar-refractivity contribution in [3.8, 4) is 11.1 Å². The zero-order chi connectivity index (χ0) is 27.4. The molecule has 1 nitrogen and oxygen atoms in total. The summed E-state index contributed by atoms with van der Waals surface area (Å²) in [6, 6.07) is 42.8. The van der Waals surface area contributed by atoms with Crippen LogP contribution in [0.1, 0.15) is 25.0 Å². The van der Waals surface area contributed by atoms with E-state index in [1.807, 2.05) is 0 Å². The largest absolute Gasteiger partial charge is 0.310 e. The highest BCUT2D eigenvalue weighted by Gasteiger charge is 2.37. The molecule has 0 spiro atoms. The summed E-state index contributed by atoms with van der Waals surface area (Å²) >= 11 is 4.69. The van der Waals surface area contributed by atoms with Crippen LogP contribution >= 0.6 is 60.3 Å². The van der Waals surface area contributed by atoms with E-state index < -0.39 is 0 Å². The molecule has 0 aliphatic heterocycles. The molecule has 0 bridgehead atoms. The minimum absolute atomic E-state index is 0.102. The van der Waals surface area contributed by atoms with Crippen molar-refractivity contribution in [3.05, 3.63) is 126 Å². The molecule has 1 aliphatic rings. The van der Waals surface area contributed by atoms with Gasteiger partial charge in [-0.1, -0.05) is 86.3 Å². The van der Waals surface area contributed by atoms with Gasteiger partial charge in [0.1, 0.15) is 0 Å². The monoisotopic (exact) mass is 777 g/mol. The van der Waals surface area contributed by atoms with Crippen LogP contribution in [0.4, 0.5) is 17.1 Å². The second-order valence-corrected chi connectivity index (χ2v) is 14.6. The summed E-state index contributed by atoms with van der Waals surface area (Å²) in [4.78, 5) is 4.89. The van der Waals surface area contributed by atoms with Crippen molar-refractivity contribution in [2.45, 2.75) is 29.1 Å². The molecule has 0 heterocycles. The zero-order valence-corrected chi connectivity index (χ0v) is 27.9. The average Bonchev–Trinajstić information content (AvgIpc) is 3.24. The fourth-order valence-corrected chi connectivity index (χ4v) is 8.43. The van der Waals surface area contributed by atoms with Crippen molar-refractivity contribution in [2.24, 2.45) is 0 Å². The maximum atomic E-state index is 2.42. The number of nitrogens with zero attached hydrogens (tertiary/aromatic N) is 1. The first kappa shape index (κ1) is 26.7. The number of benzene rings is 6. The van der Waals surface area contributed by atoms with Crippen LogP contribution in [0, 0.1) is 0 Å². The Balaban J connectivity index is 1.42. The molecular formula is C35H25I2NS2. The van der Waals surface area contributed by atoms with Gasteiger partial charge in [0.25, 0.3) is 0 Å². The molecule has 0 saturated heterocycles. The quantitative estimate of drug-likeness (QED) is 0.127. The Morgan fingerprint density at radius 1 is 0.550 bits per heavy atom. The second kappa shape index (κ2) is 10.6. The number of anilines is 3. The van der Waals surface area contributed by atoms with Crippen LogP contribution in [-0.4, -0.2) is 0 Å². The smallest absolute Gasteiger partial charge is 0.0465 e. The van der Waals surface area contributed by atoms with Gasteiger partial charge in [-0.25, -0.2) is 0 Å². The van der Waals surface area contributed by atoms with E-state index in [-0.39, 0.29) is 5.41 Å². The molecule has 0 radical (unpaired) electrons. The Morgan fingerprint density at radius 2 is 1.15 bits per heavy atom. The van der Waals surface area contributed by atoms with Crippen molar-refractivity contribution in [1.82, 2.24) is 0 Å². The molecule has 7 rings (SSSR count). The lowest BCUT2D eigenvalue weighted by atomic mass is 9.81. The first-order chi connectivity index (χ1) is 19.5. The van der Waals surface area contributed by atoms with Gasteiger partial charge in [-0.2, -0.15) is 0 Å². The molecule has 0 aromatic heterocycles. The standard InChI is InChI=1S/C35H25I2NS2/c1-35(2)32-20-19-29-28-6-4-3-5-22(28)7-17-30(29)34(32)31-18-12-25(21-33(31)35)38(23-8-13-26(39-36)14-9-23)24-10-15-27(40-37)16-11-24/h3-21H,1-2H3. The molecular weight excluding hydrogens is 752 g/mol. The first-order valence-electron chi connectivity index (χ1n) is 13.2. The molecule has 0 amide bonds. The van der Waals surface area contributed by atoms with E-state index in [1.54, 1.807) is 17.9 Å². The molecule has 0 saturated carbocycles. The number of hydrogen-bond acceptors (Lipinski definition) is 3. The van der Waals surface area contributed by atoms with Gasteiger partial charge in [0, 0.05) is 74.7 Å². The number of halogens is 2. The number of fused-ring (bicyclic) bond motifs is 7. The Bertz CT molecular complexity index is 1850. The van der Waals surface area contributed by atoms with E-state index in [0.29, 0.717) is 0 Å². The van der Waals surface area contributed by atoms with E-state index in [1.165, 1.54) is 59.3 Å². The highest BCUT2D eigenvalue weighted by Crippen LogP contribution is 2.53. The summed E-state index contributed by atoms with van der Waals surface area (Å²) in [6.07, 6.45) is 0. The molecule has 5 heteroatoms. The van der Waals surface area contributed by atoms with Crippen LogP contribution in [0.15, 0.2) is 125 Å². The highest BCUT2D eigenvalue weighted by atomic mass is 127. The van der Waals surface area contributed by atoms with Gasteiger partial charge in [-0.3, -0.25) is 0 Å². The molecule has 196 valence electrons. The van der Waals surface area contributed by atoms with Gasteiger partial charge in [0.05, 0.1) is 0 Å². The van der Waals surface area contributed by atoms with Gasteiger partial charge >= 0.3 is 0 Å². The fraction of sp³-hybridized carbons (Fsp3) is 0.0857. The molecule has 40 heavy (non-hydrogen) atoms. The maximum absolute atomic E-state index is 2.42. The lowest BCUT2D eigenvalue weighted by molar-refractivity contribution is 0.661. The van der Waals surface area contributed by atoms with Gasteiger partial charge in [0.2, 0.25) is 0 Å². The van der Waals surface area contributed by atoms with Crippen molar-refractivity contribution >= 4 is 98.9 Å². The Kier molecular flexibility index (Phi) is 7.05. The Hall–Kier alpha value is -2.20. The van der Waals surface area contributed by atoms with Crippen molar-refractivity contribution in [1.29, 1.82) is 0 Å². The zero-order valence-electron chi connectivity index (χ0n) is 22.0. The summed E-state index contributed by atoms with van der Waals surface area (Å²) in [5.41, 5.74) is 8.91. The van der Waals surface area contributed by atoms with E-state index >= 15 is 0 Å². The minimum Gasteiger partial charge on any atom is -0.310 e. The normalized spacial score (nSPS) is 13.4. The van der Waals surface area contributed by atoms with Crippen LogP contribution in [0.3, 0.4) is 0 Å². The molecule has 6 aromatic carbocycles. The van der Waals surface area contributed by atoms with Crippen LogP contribution in [0.25, 0.3) is 32.7 Å². The van der Waals surface area contributed by atoms with E-state index in [4.69, 9.17) is 0 Å². The summed E-state index contributed by atoms with van der Waals surface area (Å²) in [5, 5.41) is 5.27. The third-order valence-electron chi connectivity index (χ3n) is 8.17. The van der Waals surface area contributed by atoms with Gasteiger partial charge in [-0.15, -0.1) is 0 Å². The molecule has 6 aromatic rings. The molecule has 0 fully saturated rings. The lowest BCUT2D eigenvalue weighted by Crippen LogP contribution is -2.16. The summed E-state index contributed by atoms with van der Waals surface area (Å²) < 4.78 is 0. The van der Waals surface area contributed by atoms with Crippen molar-refractivity contribution < 1.29 is 0 Å². The van der Waals surface area contributed by atoms with Crippen LogP contribution in [0.2, 0.25) is 0 Å². The first-order valence-corrected chi connectivity index (χ1v) is 19.9. The topological polar surface area (TPSA) is 3.24 Å². The highest BCUT2D eigenvalue weighted by molar-refractivity contribution is 14.2. The predicted molar refractivity (Wildman–Crippen MR) is 193 cm³/mol. The van der Waals surface area contributed by atoms with Crippen LogP contribution in [0.5, 0.6) is 0 Å². The maximum Gasteiger partial charge on any atom is 0.0465 e. The molecule has 0 unspecified atom stereocenters. The second-order valence-electron chi connectivity index (χ2n) is 10.7. The summed E-state index contributed by atoms with van der Waals surface area (Å²) in [5.74, 6) is 0. The number of hydrogen-bond donors (Lipinski definition) is 0. The fourth-order valence-electron chi connectivity index (χ4n) is 6.19. The Labute approximate surface area is 267 Å². The molecule has 1 aliphatic carbocycles. The molecule has 0 N–H and O–H groups in total. The SMILES string of the molecule is CC1(C)c2cc(N(c3ccc(SI)cc3)c3ccc(SI)cc3)ccc2-c2c1ccc1c2ccc2ccccc21. The predicted octanol–water partition coefficient (Wildman–Crippen LogP) is 12.7. The average molecular weight is 778 g/mol. The number of rotatable bonds is 5. The van der Waals surface area contributed by atoms with Gasteiger partial charge in [0.15, 0.2) is 0 Å². The van der Waals surface area contributed by atoms with Crippen LogP contribution in [-0.2, 0) is 5.41 Å².